The van der Waals surface area contributed by atoms with E-state index in [0.717, 1.165) is 32.2 Å². The van der Waals surface area contributed by atoms with E-state index in [4.69, 9.17) is 5.11 Å². The molecule has 1 aliphatic carbocycles. The lowest BCUT2D eigenvalue weighted by Gasteiger charge is -2.32. The van der Waals surface area contributed by atoms with Gasteiger partial charge in [0, 0.05) is 19.1 Å². The summed E-state index contributed by atoms with van der Waals surface area (Å²) in [6, 6.07) is 0.432. The Kier molecular flexibility index (Phi) is 3.24. The van der Waals surface area contributed by atoms with Crippen molar-refractivity contribution in [2.75, 3.05) is 13.1 Å². The zero-order chi connectivity index (χ0) is 10.8. The van der Waals surface area contributed by atoms with Crippen LogP contribution in [0.15, 0.2) is 0 Å². The highest BCUT2D eigenvalue weighted by molar-refractivity contribution is 5.70. The maximum atomic E-state index is 13.0. The molecule has 1 saturated carbocycles. The van der Waals surface area contributed by atoms with Gasteiger partial charge in [0.15, 0.2) is 0 Å². The molecular weight excluding hydrogens is 197 g/mol. The number of nitrogens with zero attached hydrogens (tertiary/aromatic N) is 1. The first kappa shape index (κ1) is 10.9. The zero-order valence-electron chi connectivity index (χ0n) is 8.86. The van der Waals surface area contributed by atoms with Gasteiger partial charge in [0.25, 0.3) is 0 Å². The second kappa shape index (κ2) is 4.47. The summed E-state index contributed by atoms with van der Waals surface area (Å²) in [6.45, 7) is 1.41. The van der Waals surface area contributed by atoms with E-state index in [1.807, 2.05) is 0 Å². The fourth-order valence-corrected chi connectivity index (χ4v) is 2.76. The molecule has 2 rings (SSSR count). The Hall–Kier alpha value is -0.640. The monoisotopic (exact) mass is 215 g/mol. The number of alkyl halides is 1. The Balaban J connectivity index is 1.80. The largest absolute Gasteiger partial charge is 0.481 e. The van der Waals surface area contributed by atoms with Gasteiger partial charge in [0.1, 0.15) is 6.17 Å². The number of aliphatic carboxylic acids is 1. The van der Waals surface area contributed by atoms with E-state index in [2.05, 4.69) is 4.90 Å². The summed E-state index contributed by atoms with van der Waals surface area (Å²) in [6.07, 6.45) is 3.34. The number of carboxylic acids is 1. The van der Waals surface area contributed by atoms with Crippen LogP contribution < -0.4 is 0 Å². The normalized spacial score (nSPS) is 38.1. The molecule has 2 aliphatic rings. The fourth-order valence-electron chi connectivity index (χ4n) is 2.76. The van der Waals surface area contributed by atoms with E-state index in [-0.39, 0.29) is 5.92 Å². The van der Waals surface area contributed by atoms with Gasteiger partial charge in [0.05, 0.1) is 5.92 Å². The first-order valence-corrected chi connectivity index (χ1v) is 5.77. The third-order valence-electron chi connectivity index (χ3n) is 3.72. The van der Waals surface area contributed by atoms with Crippen LogP contribution >= 0.6 is 0 Å². The van der Waals surface area contributed by atoms with Crippen LogP contribution in [0.25, 0.3) is 0 Å². The van der Waals surface area contributed by atoms with Crippen molar-refractivity contribution in [3.63, 3.8) is 0 Å². The smallest absolute Gasteiger partial charge is 0.306 e. The molecular formula is C11H18FNO2. The maximum Gasteiger partial charge on any atom is 0.306 e. The highest BCUT2D eigenvalue weighted by Gasteiger charge is 2.32. The van der Waals surface area contributed by atoms with Crippen LogP contribution in [-0.2, 0) is 4.79 Å². The molecule has 1 heterocycles. The third-order valence-corrected chi connectivity index (χ3v) is 3.72. The molecule has 0 aromatic carbocycles. The van der Waals surface area contributed by atoms with Crippen molar-refractivity contribution in [1.29, 1.82) is 0 Å². The highest BCUT2D eigenvalue weighted by atomic mass is 19.1. The van der Waals surface area contributed by atoms with Crippen molar-refractivity contribution in [3.05, 3.63) is 0 Å². The van der Waals surface area contributed by atoms with Crippen LogP contribution in [0.1, 0.15) is 32.1 Å². The molecule has 0 unspecified atom stereocenters. The molecule has 86 valence electrons. The Labute approximate surface area is 89.3 Å². The summed E-state index contributed by atoms with van der Waals surface area (Å²) in [5.41, 5.74) is 0. The van der Waals surface area contributed by atoms with Gasteiger partial charge in [-0.05, 0) is 32.1 Å². The van der Waals surface area contributed by atoms with Gasteiger partial charge in [-0.2, -0.15) is 0 Å². The van der Waals surface area contributed by atoms with Gasteiger partial charge in [0.2, 0.25) is 0 Å². The molecule has 15 heavy (non-hydrogen) atoms. The van der Waals surface area contributed by atoms with Crippen molar-refractivity contribution in [1.82, 2.24) is 4.90 Å². The van der Waals surface area contributed by atoms with Gasteiger partial charge in [-0.25, -0.2) is 4.39 Å². The van der Waals surface area contributed by atoms with Gasteiger partial charge < -0.3 is 5.11 Å². The number of halogens is 1. The molecule has 1 saturated heterocycles. The summed E-state index contributed by atoms with van der Waals surface area (Å²) in [5.74, 6) is -0.830. The number of carbonyl (C=O) groups is 1. The fraction of sp³-hybridized carbons (Fsp3) is 0.909. The number of likely N-dealkylation sites (tertiary alicyclic amines) is 1. The van der Waals surface area contributed by atoms with E-state index in [1.54, 1.807) is 0 Å². The minimum absolute atomic E-state index is 0.162. The van der Waals surface area contributed by atoms with Crippen LogP contribution in [-0.4, -0.2) is 41.3 Å². The molecule has 2 fully saturated rings. The van der Waals surface area contributed by atoms with Gasteiger partial charge in [-0.3, -0.25) is 9.69 Å². The zero-order valence-corrected chi connectivity index (χ0v) is 8.86. The standard InChI is InChI=1S/C11H18FNO2/c12-9-5-6-13(7-9)10-3-1-8(2-4-10)11(14)15/h8-10H,1-7H2,(H,14,15)/t8?,9-,10?/m0/s1. The van der Waals surface area contributed by atoms with E-state index in [0.29, 0.717) is 19.0 Å². The minimum atomic E-state index is -0.668. The molecule has 4 heteroatoms. The van der Waals surface area contributed by atoms with Crippen LogP contribution in [0.3, 0.4) is 0 Å². The lowest BCUT2D eigenvalue weighted by Crippen LogP contribution is -2.37. The molecule has 1 N–H and O–H groups in total. The second-order valence-electron chi connectivity index (χ2n) is 4.72. The lowest BCUT2D eigenvalue weighted by molar-refractivity contribution is -0.143. The molecule has 0 spiro atoms. The van der Waals surface area contributed by atoms with E-state index >= 15 is 0 Å². The van der Waals surface area contributed by atoms with Gasteiger partial charge >= 0.3 is 5.97 Å². The predicted octanol–water partition coefficient (Wildman–Crippen LogP) is 1.67. The average molecular weight is 215 g/mol. The molecule has 0 bridgehead atoms. The first-order chi connectivity index (χ1) is 7.16. The topological polar surface area (TPSA) is 40.5 Å². The Morgan fingerprint density at radius 1 is 1.20 bits per heavy atom. The van der Waals surface area contributed by atoms with E-state index in [1.165, 1.54) is 0 Å². The predicted molar refractivity (Wildman–Crippen MR) is 54.5 cm³/mol. The summed E-state index contributed by atoms with van der Waals surface area (Å²) < 4.78 is 13.0. The lowest BCUT2D eigenvalue weighted by atomic mass is 9.85. The van der Waals surface area contributed by atoms with Crippen LogP contribution in [0.5, 0.6) is 0 Å². The van der Waals surface area contributed by atoms with Crippen molar-refractivity contribution in [2.24, 2.45) is 5.92 Å². The second-order valence-corrected chi connectivity index (χ2v) is 4.72. The molecule has 1 aliphatic heterocycles. The molecule has 0 aromatic rings. The number of hydrogen-bond acceptors (Lipinski definition) is 2. The SMILES string of the molecule is O=C(O)C1CCC(N2CC[C@H](F)C2)CC1. The van der Waals surface area contributed by atoms with Gasteiger partial charge in [-0.15, -0.1) is 0 Å². The van der Waals surface area contributed by atoms with Crippen molar-refractivity contribution in [3.8, 4) is 0 Å². The third kappa shape index (κ3) is 2.48. The van der Waals surface area contributed by atoms with Crippen LogP contribution in [0.2, 0.25) is 0 Å². The molecule has 3 nitrogen and oxygen atoms in total. The van der Waals surface area contributed by atoms with Crippen LogP contribution in [0.4, 0.5) is 4.39 Å². The summed E-state index contributed by atoms with van der Waals surface area (Å²) in [4.78, 5) is 13.0. The molecule has 1 atom stereocenters. The first-order valence-electron chi connectivity index (χ1n) is 5.77. The minimum Gasteiger partial charge on any atom is -0.481 e. The van der Waals surface area contributed by atoms with Gasteiger partial charge in [-0.1, -0.05) is 0 Å². The van der Waals surface area contributed by atoms with E-state index < -0.39 is 12.1 Å². The maximum absolute atomic E-state index is 13.0. The quantitative estimate of drug-likeness (QED) is 0.761. The molecule has 0 amide bonds. The summed E-state index contributed by atoms with van der Waals surface area (Å²) in [7, 11) is 0. The number of carboxylic acid groups (broad SMARTS) is 1. The summed E-state index contributed by atoms with van der Waals surface area (Å²) in [5, 5.41) is 8.86. The van der Waals surface area contributed by atoms with Crippen LogP contribution in [0, 0.1) is 5.92 Å². The Morgan fingerprint density at radius 3 is 2.33 bits per heavy atom. The number of hydrogen-bond donors (Lipinski definition) is 1. The van der Waals surface area contributed by atoms with Crippen molar-refractivity contribution in [2.45, 2.75) is 44.3 Å². The summed E-state index contributed by atoms with van der Waals surface area (Å²) >= 11 is 0. The molecule has 0 radical (unpaired) electrons. The average Bonchev–Trinajstić information content (AvgIpc) is 2.65. The van der Waals surface area contributed by atoms with E-state index in [9.17, 15) is 9.18 Å². The number of rotatable bonds is 2. The Morgan fingerprint density at radius 2 is 1.87 bits per heavy atom. The highest BCUT2D eigenvalue weighted by Crippen LogP contribution is 2.30. The van der Waals surface area contributed by atoms with Crippen molar-refractivity contribution >= 4 is 5.97 Å². The molecule has 0 aromatic heterocycles. The Bertz CT molecular complexity index is 239. The van der Waals surface area contributed by atoms with Crippen molar-refractivity contribution < 1.29 is 14.3 Å².